The van der Waals surface area contributed by atoms with Crippen LogP contribution in [0.15, 0.2) is 60.7 Å². The molecule has 2 aromatic rings. The van der Waals surface area contributed by atoms with Gasteiger partial charge in [0.2, 0.25) is 0 Å². The fourth-order valence-corrected chi connectivity index (χ4v) is 4.06. The molecule has 26 heavy (non-hydrogen) atoms. The van der Waals surface area contributed by atoms with Crippen molar-refractivity contribution in [3.63, 3.8) is 0 Å². The predicted octanol–water partition coefficient (Wildman–Crippen LogP) is 3.70. The molecule has 0 saturated carbocycles. The van der Waals surface area contributed by atoms with Gasteiger partial charge in [0.25, 0.3) is 0 Å². The molecule has 0 aliphatic carbocycles. The highest BCUT2D eigenvalue weighted by molar-refractivity contribution is 7.80. The molecule has 0 bridgehead atoms. The van der Waals surface area contributed by atoms with E-state index in [0.29, 0.717) is 6.04 Å². The molecule has 1 aliphatic heterocycles. The van der Waals surface area contributed by atoms with Gasteiger partial charge in [0, 0.05) is 38.8 Å². The number of nitrogens with zero attached hydrogens (tertiary/aromatic N) is 2. The zero-order chi connectivity index (χ0) is 18.2. The molecule has 1 unspecified atom stereocenters. The molecule has 0 spiro atoms. The molecular formula is C22H29N3S. The van der Waals surface area contributed by atoms with Crippen LogP contribution < -0.4 is 5.32 Å². The number of nitrogens with one attached hydrogen (secondary N) is 1. The maximum Gasteiger partial charge on any atom is 0.169 e. The topological polar surface area (TPSA) is 18.5 Å². The average Bonchev–Trinajstić information content (AvgIpc) is 3.12. The maximum atomic E-state index is 5.69. The Morgan fingerprint density at radius 1 is 1.08 bits per heavy atom. The Kier molecular flexibility index (Phi) is 7.04. The molecule has 0 aromatic heterocycles. The van der Waals surface area contributed by atoms with Crippen LogP contribution in [-0.4, -0.2) is 47.1 Å². The molecule has 1 saturated heterocycles. The Morgan fingerprint density at radius 3 is 2.38 bits per heavy atom. The van der Waals surface area contributed by atoms with E-state index >= 15 is 0 Å². The Morgan fingerprint density at radius 2 is 1.73 bits per heavy atom. The summed E-state index contributed by atoms with van der Waals surface area (Å²) in [6.45, 7) is 7.31. The van der Waals surface area contributed by atoms with Crippen LogP contribution in [0, 0.1) is 0 Å². The van der Waals surface area contributed by atoms with Crippen molar-refractivity contribution in [3.05, 3.63) is 71.8 Å². The first-order chi connectivity index (χ1) is 12.8. The molecule has 138 valence electrons. The van der Waals surface area contributed by atoms with E-state index in [0.717, 1.165) is 44.3 Å². The maximum absolute atomic E-state index is 5.69. The molecule has 1 N–H and O–H groups in total. The lowest BCUT2D eigenvalue weighted by Crippen LogP contribution is -2.47. The van der Waals surface area contributed by atoms with Gasteiger partial charge in [0.05, 0.1) is 0 Å². The van der Waals surface area contributed by atoms with Crippen LogP contribution in [0.2, 0.25) is 0 Å². The number of hydrogen-bond donors (Lipinski definition) is 1. The third kappa shape index (κ3) is 5.29. The normalized spacial score (nSPS) is 17.2. The molecular weight excluding hydrogens is 338 g/mol. The van der Waals surface area contributed by atoms with E-state index in [9.17, 15) is 0 Å². The van der Waals surface area contributed by atoms with Gasteiger partial charge in [-0.25, -0.2) is 0 Å². The van der Waals surface area contributed by atoms with E-state index < -0.39 is 0 Å². The summed E-state index contributed by atoms with van der Waals surface area (Å²) < 4.78 is 0. The zero-order valence-corrected chi connectivity index (χ0v) is 16.4. The summed E-state index contributed by atoms with van der Waals surface area (Å²) in [5.74, 6) is 0. The lowest BCUT2D eigenvalue weighted by Gasteiger charge is -2.30. The number of likely N-dealkylation sites (N-methyl/N-ethyl adjacent to an activating group) is 1. The minimum absolute atomic E-state index is 0.514. The van der Waals surface area contributed by atoms with E-state index in [1.165, 1.54) is 17.5 Å². The van der Waals surface area contributed by atoms with Gasteiger partial charge in [-0.3, -0.25) is 4.90 Å². The summed E-state index contributed by atoms with van der Waals surface area (Å²) in [6, 6.07) is 21.8. The number of benzene rings is 2. The van der Waals surface area contributed by atoms with Crippen LogP contribution in [0.3, 0.4) is 0 Å². The summed E-state index contributed by atoms with van der Waals surface area (Å²) in [5, 5.41) is 4.36. The lowest BCUT2D eigenvalue weighted by atomic mass is 10.1. The molecule has 0 radical (unpaired) electrons. The van der Waals surface area contributed by atoms with Gasteiger partial charge in [-0.2, -0.15) is 0 Å². The Bertz CT molecular complexity index is 674. The van der Waals surface area contributed by atoms with Gasteiger partial charge in [0.1, 0.15) is 0 Å². The van der Waals surface area contributed by atoms with Crippen molar-refractivity contribution < 1.29 is 0 Å². The van der Waals surface area contributed by atoms with E-state index in [-0.39, 0.29) is 0 Å². The van der Waals surface area contributed by atoms with Crippen LogP contribution in [0.5, 0.6) is 0 Å². The monoisotopic (exact) mass is 367 g/mol. The van der Waals surface area contributed by atoms with E-state index in [4.69, 9.17) is 12.2 Å². The summed E-state index contributed by atoms with van der Waals surface area (Å²) in [6.07, 6.45) is 2.19. The summed E-state index contributed by atoms with van der Waals surface area (Å²) >= 11 is 5.69. The minimum atomic E-state index is 0.514. The zero-order valence-electron chi connectivity index (χ0n) is 15.6. The lowest BCUT2D eigenvalue weighted by molar-refractivity contribution is 0.279. The fourth-order valence-electron chi connectivity index (χ4n) is 3.68. The Balaban J connectivity index is 1.46. The first-order valence-corrected chi connectivity index (χ1v) is 10.0. The first kappa shape index (κ1) is 18.9. The first-order valence-electron chi connectivity index (χ1n) is 9.61. The van der Waals surface area contributed by atoms with Crippen molar-refractivity contribution in [2.75, 3.05) is 26.2 Å². The molecule has 2 aromatic carbocycles. The van der Waals surface area contributed by atoms with Crippen LogP contribution in [0.4, 0.5) is 0 Å². The second-order valence-corrected chi connectivity index (χ2v) is 7.30. The smallest absolute Gasteiger partial charge is 0.169 e. The van der Waals surface area contributed by atoms with Crippen molar-refractivity contribution in [1.82, 2.24) is 15.1 Å². The van der Waals surface area contributed by atoms with Crippen molar-refractivity contribution >= 4 is 17.3 Å². The molecule has 3 nitrogen and oxygen atoms in total. The van der Waals surface area contributed by atoms with Crippen molar-refractivity contribution in [2.45, 2.75) is 32.4 Å². The quantitative estimate of drug-likeness (QED) is 0.752. The van der Waals surface area contributed by atoms with Crippen LogP contribution >= 0.6 is 12.2 Å². The third-order valence-corrected chi connectivity index (χ3v) is 5.45. The van der Waals surface area contributed by atoms with Crippen molar-refractivity contribution in [3.8, 4) is 0 Å². The molecule has 0 amide bonds. The van der Waals surface area contributed by atoms with Crippen molar-refractivity contribution in [1.29, 1.82) is 0 Å². The summed E-state index contributed by atoms with van der Waals surface area (Å²) in [5.41, 5.74) is 2.74. The summed E-state index contributed by atoms with van der Waals surface area (Å²) in [4.78, 5) is 4.90. The second kappa shape index (κ2) is 9.70. The molecule has 1 atom stereocenters. The predicted molar refractivity (Wildman–Crippen MR) is 113 cm³/mol. The van der Waals surface area contributed by atoms with Gasteiger partial charge in [-0.1, -0.05) is 60.7 Å². The number of thiocarbonyl (C=S) groups is 1. The van der Waals surface area contributed by atoms with Crippen molar-refractivity contribution in [2.24, 2.45) is 0 Å². The van der Waals surface area contributed by atoms with Crippen LogP contribution in [0.25, 0.3) is 0 Å². The Hall–Kier alpha value is -1.91. The van der Waals surface area contributed by atoms with E-state index in [1.54, 1.807) is 0 Å². The average molecular weight is 368 g/mol. The molecule has 1 aliphatic rings. The molecule has 3 rings (SSSR count). The fraction of sp³-hybridized carbons (Fsp3) is 0.409. The Labute approximate surface area is 163 Å². The SMILES string of the molecule is CCN(C(=S)NCCc1ccccc1)C1CCN(Cc2ccccc2)C1. The van der Waals surface area contributed by atoms with Gasteiger partial charge in [-0.05, 0) is 43.1 Å². The summed E-state index contributed by atoms with van der Waals surface area (Å²) in [7, 11) is 0. The minimum Gasteiger partial charge on any atom is -0.362 e. The van der Waals surface area contributed by atoms with E-state index in [1.807, 2.05) is 0 Å². The van der Waals surface area contributed by atoms with Crippen LogP contribution in [-0.2, 0) is 13.0 Å². The highest BCUT2D eigenvalue weighted by Gasteiger charge is 2.28. The standard InChI is InChI=1S/C22H29N3S/c1-2-25(22(26)23-15-13-19-9-5-3-6-10-19)21-14-16-24(18-21)17-20-11-7-4-8-12-20/h3-12,21H,2,13-18H2,1H3,(H,23,26). The second-order valence-electron chi connectivity index (χ2n) is 6.92. The number of rotatable bonds is 7. The molecule has 4 heteroatoms. The largest absolute Gasteiger partial charge is 0.362 e. The highest BCUT2D eigenvalue weighted by atomic mass is 32.1. The van der Waals surface area contributed by atoms with Gasteiger partial charge in [-0.15, -0.1) is 0 Å². The van der Waals surface area contributed by atoms with Gasteiger partial charge in [0.15, 0.2) is 5.11 Å². The number of likely N-dealkylation sites (tertiary alicyclic amines) is 1. The third-order valence-electron chi connectivity index (χ3n) is 5.07. The number of hydrogen-bond acceptors (Lipinski definition) is 2. The molecule has 1 heterocycles. The molecule has 1 fully saturated rings. The van der Waals surface area contributed by atoms with Crippen LogP contribution in [0.1, 0.15) is 24.5 Å². The highest BCUT2D eigenvalue weighted by Crippen LogP contribution is 2.18. The van der Waals surface area contributed by atoms with Gasteiger partial charge >= 0.3 is 0 Å². The van der Waals surface area contributed by atoms with E-state index in [2.05, 4.69) is 82.7 Å². The van der Waals surface area contributed by atoms with Gasteiger partial charge < -0.3 is 10.2 Å².